The molecule has 0 bridgehead atoms. The highest BCUT2D eigenvalue weighted by molar-refractivity contribution is 5.85. The Morgan fingerprint density at radius 2 is 1.96 bits per heavy atom. The molecule has 1 saturated heterocycles. The fraction of sp³-hybridized carbons (Fsp3) is 0.333. The van der Waals surface area contributed by atoms with Gasteiger partial charge in [-0.05, 0) is 25.5 Å². The van der Waals surface area contributed by atoms with Gasteiger partial charge in [0.15, 0.2) is 0 Å². The zero-order valence-corrected chi connectivity index (χ0v) is 15.4. The fourth-order valence-corrected chi connectivity index (χ4v) is 3.34. The third-order valence-electron chi connectivity index (χ3n) is 4.89. The van der Waals surface area contributed by atoms with Gasteiger partial charge >= 0.3 is 0 Å². The summed E-state index contributed by atoms with van der Waals surface area (Å²) in [4.78, 5) is 21.6. The third kappa shape index (κ3) is 4.11. The molecule has 0 aliphatic carbocycles. The van der Waals surface area contributed by atoms with Crippen LogP contribution >= 0.6 is 0 Å². The number of nitrogens with one attached hydrogen (secondary N) is 1. The molecule has 6 heteroatoms. The van der Waals surface area contributed by atoms with Crippen LogP contribution in [0, 0.1) is 0 Å². The summed E-state index contributed by atoms with van der Waals surface area (Å²) in [5.74, 6) is 1.19. The number of piperidine rings is 1. The van der Waals surface area contributed by atoms with Crippen LogP contribution in [0.25, 0.3) is 10.9 Å². The van der Waals surface area contributed by atoms with E-state index in [1.54, 1.807) is 12.1 Å². The highest BCUT2D eigenvalue weighted by Crippen LogP contribution is 2.30. The number of hydrogen-bond donors (Lipinski definition) is 1. The van der Waals surface area contributed by atoms with Crippen molar-refractivity contribution in [2.45, 2.75) is 25.6 Å². The van der Waals surface area contributed by atoms with E-state index in [4.69, 9.17) is 9.47 Å². The van der Waals surface area contributed by atoms with Crippen LogP contribution in [0.5, 0.6) is 11.5 Å². The number of hydrogen-bond acceptors (Lipinski definition) is 5. The zero-order valence-electron chi connectivity index (χ0n) is 15.4. The Kier molecular flexibility index (Phi) is 5.07. The van der Waals surface area contributed by atoms with Gasteiger partial charge in [-0.3, -0.25) is 4.79 Å². The second-order valence-electron chi connectivity index (χ2n) is 6.94. The molecule has 1 aromatic heterocycles. The number of H-pyrrole nitrogens is 1. The highest BCUT2D eigenvalue weighted by Gasteiger charge is 2.20. The number of nitrogens with zero attached hydrogens (tertiary/aromatic N) is 2. The Hall–Kier alpha value is -2.86. The van der Waals surface area contributed by atoms with Crippen LogP contribution in [0.2, 0.25) is 0 Å². The van der Waals surface area contributed by atoms with E-state index < -0.39 is 0 Å². The van der Waals surface area contributed by atoms with Crippen molar-refractivity contribution < 1.29 is 9.47 Å². The summed E-state index contributed by atoms with van der Waals surface area (Å²) < 4.78 is 12.2. The second-order valence-corrected chi connectivity index (χ2v) is 6.94. The summed E-state index contributed by atoms with van der Waals surface area (Å²) in [6, 6.07) is 13.6. The van der Waals surface area contributed by atoms with Gasteiger partial charge in [-0.15, -0.1) is 0 Å². The first-order chi connectivity index (χ1) is 13.2. The molecule has 4 rings (SSSR count). The molecule has 140 valence electrons. The SMILES string of the molecule is CN1CCC(Oc2cc(OCc3ccccc3)cc3nc[nH]c(=O)c23)CC1. The molecule has 1 aliphatic rings. The molecule has 0 radical (unpaired) electrons. The molecule has 3 aromatic rings. The molecule has 6 nitrogen and oxygen atoms in total. The fourth-order valence-electron chi connectivity index (χ4n) is 3.34. The van der Waals surface area contributed by atoms with Crippen LogP contribution < -0.4 is 15.0 Å². The van der Waals surface area contributed by atoms with E-state index >= 15 is 0 Å². The summed E-state index contributed by atoms with van der Waals surface area (Å²) in [6.45, 7) is 2.42. The van der Waals surface area contributed by atoms with Gasteiger partial charge in [0.2, 0.25) is 0 Å². The van der Waals surface area contributed by atoms with Crippen molar-refractivity contribution in [1.82, 2.24) is 14.9 Å². The van der Waals surface area contributed by atoms with Crippen molar-refractivity contribution in [1.29, 1.82) is 0 Å². The van der Waals surface area contributed by atoms with Crippen LogP contribution in [0.4, 0.5) is 0 Å². The maximum absolute atomic E-state index is 12.4. The molecule has 2 aromatic carbocycles. The Bertz CT molecular complexity index is 963. The first-order valence-electron chi connectivity index (χ1n) is 9.22. The lowest BCUT2D eigenvalue weighted by Crippen LogP contribution is -2.35. The number of ether oxygens (including phenoxy) is 2. The number of aromatic amines is 1. The number of benzene rings is 2. The normalized spacial score (nSPS) is 15.7. The van der Waals surface area contributed by atoms with Gasteiger partial charge in [0, 0.05) is 25.2 Å². The highest BCUT2D eigenvalue weighted by atomic mass is 16.5. The minimum absolute atomic E-state index is 0.0911. The number of likely N-dealkylation sites (tertiary alicyclic amines) is 1. The van der Waals surface area contributed by atoms with E-state index in [1.165, 1.54) is 6.33 Å². The van der Waals surface area contributed by atoms with Gasteiger partial charge in [-0.2, -0.15) is 0 Å². The molecule has 0 atom stereocenters. The van der Waals surface area contributed by atoms with E-state index in [9.17, 15) is 4.79 Å². The van der Waals surface area contributed by atoms with Crippen molar-refractivity contribution in [3.63, 3.8) is 0 Å². The largest absolute Gasteiger partial charge is 0.489 e. The van der Waals surface area contributed by atoms with Crippen LogP contribution in [0.15, 0.2) is 53.6 Å². The maximum Gasteiger partial charge on any atom is 0.262 e. The van der Waals surface area contributed by atoms with E-state index in [0.717, 1.165) is 31.5 Å². The monoisotopic (exact) mass is 365 g/mol. The average molecular weight is 365 g/mol. The van der Waals surface area contributed by atoms with E-state index in [0.29, 0.717) is 29.0 Å². The van der Waals surface area contributed by atoms with Crippen LogP contribution in [-0.4, -0.2) is 41.1 Å². The number of fused-ring (bicyclic) bond motifs is 1. The molecular formula is C21H23N3O3. The first kappa shape index (κ1) is 17.5. The molecule has 1 aliphatic heterocycles. The number of aromatic nitrogens is 2. The summed E-state index contributed by atoms with van der Waals surface area (Å²) in [5, 5.41) is 0.475. The Morgan fingerprint density at radius 3 is 2.74 bits per heavy atom. The lowest BCUT2D eigenvalue weighted by Gasteiger charge is -2.29. The first-order valence-corrected chi connectivity index (χ1v) is 9.22. The molecule has 1 fully saturated rings. The van der Waals surface area contributed by atoms with Gasteiger partial charge in [-0.1, -0.05) is 30.3 Å². The third-order valence-corrected chi connectivity index (χ3v) is 4.89. The van der Waals surface area contributed by atoms with Gasteiger partial charge < -0.3 is 19.4 Å². The molecule has 0 amide bonds. The topological polar surface area (TPSA) is 67.5 Å². The minimum atomic E-state index is -0.197. The van der Waals surface area contributed by atoms with Crippen molar-refractivity contribution in [3.8, 4) is 11.5 Å². The molecule has 0 spiro atoms. The average Bonchev–Trinajstić information content (AvgIpc) is 2.69. The van der Waals surface area contributed by atoms with Gasteiger partial charge in [0.1, 0.15) is 29.6 Å². The van der Waals surface area contributed by atoms with E-state index in [2.05, 4.69) is 21.9 Å². The zero-order chi connectivity index (χ0) is 18.6. The van der Waals surface area contributed by atoms with Gasteiger partial charge in [-0.25, -0.2) is 4.98 Å². The van der Waals surface area contributed by atoms with E-state index in [1.807, 2.05) is 30.3 Å². The molecule has 1 N–H and O–H groups in total. The predicted octanol–water partition coefficient (Wildman–Crippen LogP) is 2.98. The standard InChI is InChI=1S/C21H23N3O3/c1-24-9-7-16(8-10-24)27-19-12-17(26-13-15-5-3-2-4-6-15)11-18-20(19)21(25)23-14-22-18/h2-6,11-12,14,16H,7-10,13H2,1H3,(H,22,23,25). The van der Waals surface area contributed by atoms with Crippen molar-refractivity contribution in [2.75, 3.05) is 20.1 Å². The smallest absolute Gasteiger partial charge is 0.262 e. The van der Waals surface area contributed by atoms with Gasteiger partial charge in [0.05, 0.1) is 11.8 Å². The van der Waals surface area contributed by atoms with Gasteiger partial charge in [0.25, 0.3) is 5.56 Å². The molecule has 0 unspecified atom stereocenters. The predicted molar refractivity (Wildman–Crippen MR) is 104 cm³/mol. The van der Waals surface area contributed by atoms with Crippen LogP contribution in [0.3, 0.4) is 0 Å². The maximum atomic E-state index is 12.4. The Morgan fingerprint density at radius 1 is 1.19 bits per heavy atom. The van der Waals surface area contributed by atoms with Crippen molar-refractivity contribution in [2.24, 2.45) is 0 Å². The minimum Gasteiger partial charge on any atom is -0.489 e. The summed E-state index contributed by atoms with van der Waals surface area (Å²) in [7, 11) is 2.11. The lowest BCUT2D eigenvalue weighted by atomic mass is 10.1. The Balaban J connectivity index is 1.62. The van der Waals surface area contributed by atoms with Crippen LogP contribution in [-0.2, 0) is 6.61 Å². The molecule has 27 heavy (non-hydrogen) atoms. The number of rotatable bonds is 5. The summed E-state index contributed by atoms with van der Waals surface area (Å²) in [5.41, 5.74) is 1.46. The quantitative estimate of drug-likeness (QED) is 0.753. The van der Waals surface area contributed by atoms with Crippen molar-refractivity contribution >= 4 is 10.9 Å². The molecule has 2 heterocycles. The van der Waals surface area contributed by atoms with E-state index in [-0.39, 0.29) is 11.7 Å². The van der Waals surface area contributed by atoms with Crippen LogP contribution in [0.1, 0.15) is 18.4 Å². The molecule has 0 saturated carbocycles. The lowest BCUT2D eigenvalue weighted by molar-refractivity contribution is 0.115. The summed E-state index contributed by atoms with van der Waals surface area (Å²) >= 11 is 0. The molecular weight excluding hydrogens is 342 g/mol. The van der Waals surface area contributed by atoms with Crippen molar-refractivity contribution in [3.05, 3.63) is 64.7 Å². The second kappa shape index (κ2) is 7.80. The Labute approximate surface area is 157 Å². The summed E-state index contributed by atoms with van der Waals surface area (Å²) in [6.07, 6.45) is 3.37.